The molecule has 2 nitrogen and oxygen atoms in total. The molecular weight excluding hydrogens is 243 g/mol. The molecule has 1 rings (SSSR count). The summed E-state index contributed by atoms with van der Waals surface area (Å²) in [6, 6.07) is 4.16. The van der Waals surface area contributed by atoms with Gasteiger partial charge in [-0.3, -0.25) is 0 Å². The van der Waals surface area contributed by atoms with Gasteiger partial charge in [-0.25, -0.2) is 4.98 Å². The Morgan fingerprint density at radius 1 is 1.38 bits per heavy atom. The summed E-state index contributed by atoms with van der Waals surface area (Å²) >= 11 is 12.0. The number of hydrogen-bond donors (Lipinski definition) is 0. The monoisotopic (exact) mass is 260 g/mol. The SMILES string of the molecule is CCC(CC)N(CCCl)c1ncccc1Cl. The van der Waals surface area contributed by atoms with Crippen LogP contribution in [0, 0.1) is 0 Å². The molecule has 0 atom stereocenters. The number of alkyl halides is 1. The Morgan fingerprint density at radius 3 is 2.56 bits per heavy atom. The van der Waals surface area contributed by atoms with Crippen LogP contribution in [0.5, 0.6) is 0 Å². The lowest BCUT2D eigenvalue weighted by atomic mass is 10.1. The van der Waals surface area contributed by atoms with Gasteiger partial charge in [0.05, 0.1) is 5.02 Å². The van der Waals surface area contributed by atoms with Crippen molar-refractivity contribution < 1.29 is 0 Å². The van der Waals surface area contributed by atoms with Gasteiger partial charge >= 0.3 is 0 Å². The van der Waals surface area contributed by atoms with Crippen molar-refractivity contribution in [3.8, 4) is 0 Å². The lowest BCUT2D eigenvalue weighted by Crippen LogP contribution is -2.36. The highest BCUT2D eigenvalue weighted by Gasteiger charge is 2.18. The van der Waals surface area contributed by atoms with Crippen LogP contribution in [-0.4, -0.2) is 23.5 Å². The van der Waals surface area contributed by atoms with Gasteiger partial charge in [-0.15, -0.1) is 11.6 Å². The lowest BCUT2D eigenvalue weighted by Gasteiger charge is -2.31. The molecule has 0 spiro atoms. The molecule has 0 N–H and O–H groups in total. The van der Waals surface area contributed by atoms with Crippen LogP contribution in [0.3, 0.4) is 0 Å². The zero-order valence-electron chi connectivity index (χ0n) is 9.79. The molecule has 0 saturated carbocycles. The van der Waals surface area contributed by atoms with Crippen LogP contribution >= 0.6 is 23.2 Å². The number of aromatic nitrogens is 1. The predicted octanol–water partition coefficient (Wildman–Crippen LogP) is 3.97. The quantitative estimate of drug-likeness (QED) is 0.720. The topological polar surface area (TPSA) is 16.1 Å². The highest BCUT2D eigenvalue weighted by Crippen LogP contribution is 2.25. The van der Waals surface area contributed by atoms with Gasteiger partial charge in [0, 0.05) is 24.7 Å². The maximum Gasteiger partial charge on any atom is 0.147 e. The minimum absolute atomic E-state index is 0.450. The van der Waals surface area contributed by atoms with Gasteiger partial charge in [0.2, 0.25) is 0 Å². The molecule has 0 aromatic carbocycles. The summed E-state index contributed by atoms with van der Waals surface area (Å²) in [5, 5.41) is 0.694. The molecule has 0 unspecified atom stereocenters. The first-order valence-electron chi connectivity index (χ1n) is 5.67. The summed E-state index contributed by atoms with van der Waals surface area (Å²) in [4.78, 5) is 6.55. The van der Waals surface area contributed by atoms with Crippen molar-refractivity contribution in [1.82, 2.24) is 4.98 Å². The van der Waals surface area contributed by atoms with Gasteiger partial charge in [0.15, 0.2) is 0 Å². The van der Waals surface area contributed by atoms with Gasteiger partial charge in [0.25, 0.3) is 0 Å². The normalized spacial score (nSPS) is 10.8. The second kappa shape index (κ2) is 6.97. The Balaban J connectivity index is 2.97. The molecule has 1 heterocycles. The summed E-state index contributed by atoms with van der Waals surface area (Å²) < 4.78 is 0. The summed E-state index contributed by atoms with van der Waals surface area (Å²) in [6.45, 7) is 5.13. The molecule has 90 valence electrons. The molecule has 0 radical (unpaired) electrons. The minimum atomic E-state index is 0.450. The van der Waals surface area contributed by atoms with E-state index in [2.05, 4.69) is 23.7 Å². The fourth-order valence-corrected chi connectivity index (χ4v) is 2.28. The molecular formula is C12H18Cl2N2. The van der Waals surface area contributed by atoms with Crippen molar-refractivity contribution >= 4 is 29.0 Å². The number of hydrogen-bond acceptors (Lipinski definition) is 2. The van der Waals surface area contributed by atoms with Crippen LogP contribution in [0.1, 0.15) is 26.7 Å². The Labute approximate surface area is 108 Å². The fraction of sp³-hybridized carbons (Fsp3) is 0.583. The van der Waals surface area contributed by atoms with E-state index in [1.54, 1.807) is 6.20 Å². The largest absolute Gasteiger partial charge is 0.351 e. The van der Waals surface area contributed by atoms with Gasteiger partial charge in [-0.2, -0.15) is 0 Å². The average molecular weight is 261 g/mol. The molecule has 1 aromatic heterocycles. The van der Waals surface area contributed by atoms with Crippen LogP contribution in [0.4, 0.5) is 5.82 Å². The molecule has 0 aliphatic heterocycles. The first-order valence-corrected chi connectivity index (χ1v) is 6.58. The third-order valence-electron chi connectivity index (χ3n) is 2.72. The van der Waals surface area contributed by atoms with E-state index in [0.717, 1.165) is 25.2 Å². The highest BCUT2D eigenvalue weighted by molar-refractivity contribution is 6.32. The van der Waals surface area contributed by atoms with Crippen LogP contribution < -0.4 is 4.90 Å². The van der Waals surface area contributed by atoms with Crippen molar-refractivity contribution in [2.45, 2.75) is 32.7 Å². The Hall–Kier alpha value is -0.470. The van der Waals surface area contributed by atoms with Crippen molar-refractivity contribution in [2.75, 3.05) is 17.3 Å². The van der Waals surface area contributed by atoms with E-state index in [0.29, 0.717) is 16.9 Å². The summed E-state index contributed by atoms with van der Waals surface area (Å²) in [5.74, 6) is 1.43. The van der Waals surface area contributed by atoms with E-state index in [1.165, 1.54) is 0 Å². The second-order valence-corrected chi connectivity index (χ2v) is 4.45. The Bertz CT molecular complexity index is 314. The van der Waals surface area contributed by atoms with Gasteiger partial charge < -0.3 is 4.90 Å². The maximum absolute atomic E-state index is 6.17. The third-order valence-corrected chi connectivity index (χ3v) is 3.18. The van der Waals surface area contributed by atoms with Crippen LogP contribution in [0.2, 0.25) is 5.02 Å². The fourth-order valence-electron chi connectivity index (χ4n) is 1.87. The standard InChI is InChI=1S/C12H18Cl2N2/c1-3-10(4-2)16(9-7-13)12-11(14)6-5-8-15-12/h5-6,8,10H,3-4,7,9H2,1-2H3. The molecule has 0 aliphatic carbocycles. The third kappa shape index (κ3) is 3.26. The number of anilines is 1. The van der Waals surface area contributed by atoms with E-state index in [9.17, 15) is 0 Å². The molecule has 0 fully saturated rings. The predicted molar refractivity (Wildman–Crippen MR) is 71.7 cm³/mol. The van der Waals surface area contributed by atoms with Gasteiger partial charge in [-0.1, -0.05) is 25.4 Å². The van der Waals surface area contributed by atoms with Crippen LogP contribution in [0.15, 0.2) is 18.3 Å². The molecule has 0 saturated heterocycles. The Morgan fingerprint density at radius 2 is 2.06 bits per heavy atom. The molecule has 4 heteroatoms. The highest BCUT2D eigenvalue weighted by atomic mass is 35.5. The molecule has 0 aliphatic rings. The first kappa shape index (κ1) is 13.6. The summed E-state index contributed by atoms with van der Waals surface area (Å²) in [5.41, 5.74) is 0. The molecule has 0 bridgehead atoms. The van der Waals surface area contributed by atoms with Crippen molar-refractivity contribution in [3.63, 3.8) is 0 Å². The van der Waals surface area contributed by atoms with E-state index in [-0.39, 0.29) is 0 Å². The number of rotatable bonds is 6. The van der Waals surface area contributed by atoms with E-state index < -0.39 is 0 Å². The first-order chi connectivity index (χ1) is 7.74. The van der Waals surface area contributed by atoms with Crippen molar-refractivity contribution in [3.05, 3.63) is 23.4 Å². The van der Waals surface area contributed by atoms with Gasteiger partial charge in [0.1, 0.15) is 5.82 Å². The van der Waals surface area contributed by atoms with Crippen molar-refractivity contribution in [2.24, 2.45) is 0 Å². The minimum Gasteiger partial charge on any atom is -0.351 e. The van der Waals surface area contributed by atoms with E-state index in [1.807, 2.05) is 12.1 Å². The maximum atomic E-state index is 6.17. The number of halogens is 2. The van der Waals surface area contributed by atoms with E-state index >= 15 is 0 Å². The Kier molecular flexibility index (Phi) is 5.93. The zero-order chi connectivity index (χ0) is 12.0. The van der Waals surface area contributed by atoms with Crippen LogP contribution in [-0.2, 0) is 0 Å². The lowest BCUT2D eigenvalue weighted by molar-refractivity contribution is 0.563. The summed E-state index contributed by atoms with van der Waals surface area (Å²) in [7, 11) is 0. The smallest absolute Gasteiger partial charge is 0.147 e. The molecule has 16 heavy (non-hydrogen) atoms. The summed E-state index contributed by atoms with van der Waals surface area (Å²) in [6.07, 6.45) is 3.91. The number of nitrogens with zero attached hydrogens (tertiary/aromatic N) is 2. The van der Waals surface area contributed by atoms with E-state index in [4.69, 9.17) is 23.2 Å². The second-order valence-electron chi connectivity index (χ2n) is 3.66. The molecule has 1 aromatic rings. The van der Waals surface area contributed by atoms with Gasteiger partial charge in [-0.05, 0) is 25.0 Å². The average Bonchev–Trinajstić information content (AvgIpc) is 2.30. The molecule has 0 amide bonds. The zero-order valence-corrected chi connectivity index (χ0v) is 11.3. The van der Waals surface area contributed by atoms with Crippen molar-refractivity contribution in [1.29, 1.82) is 0 Å². The number of pyridine rings is 1. The van der Waals surface area contributed by atoms with Crippen LogP contribution in [0.25, 0.3) is 0 Å².